The molecule has 1 aromatic heterocycles. The molecule has 1 aromatic rings. The number of rotatable bonds is 10. The van der Waals surface area contributed by atoms with Crippen LogP contribution in [0.5, 0.6) is 0 Å². The average Bonchev–Trinajstić information content (AvgIpc) is 2.79. The molecule has 0 aliphatic heterocycles. The summed E-state index contributed by atoms with van der Waals surface area (Å²) < 4.78 is 3.15. The molecule has 0 amide bonds. The van der Waals surface area contributed by atoms with Crippen molar-refractivity contribution < 1.29 is 0 Å². The van der Waals surface area contributed by atoms with Crippen LogP contribution in [0.2, 0.25) is 0 Å². The molecule has 132 valence electrons. The Morgan fingerprint density at radius 2 is 1.78 bits per heavy atom. The highest BCUT2D eigenvalue weighted by molar-refractivity contribution is 9.10. The summed E-state index contributed by atoms with van der Waals surface area (Å²) in [6.45, 7) is 14.5. The first-order chi connectivity index (χ1) is 11.0. The SMILES string of the molecule is CCN(CC)CCCNC(=S)NCCCn1nc(C)c(Br)c1C. The van der Waals surface area contributed by atoms with Crippen LogP contribution in [-0.4, -0.2) is 52.5 Å². The zero-order valence-electron chi connectivity index (χ0n) is 14.8. The number of halogens is 1. The second kappa shape index (κ2) is 11.0. The Morgan fingerprint density at radius 1 is 1.17 bits per heavy atom. The van der Waals surface area contributed by atoms with Crippen molar-refractivity contribution >= 4 is 33.3 Å². The maximum Gasteiger partial charge on any atom is 0.166 e. The van der Waals surface area contributed by atoms with Crippen LogP contribution in [0.1, 0.15) is 38.1 Å². The van der Waals surface area contributed by atoms with E-state index in [1.807, 2.05) is 11.6 Å². The van der Waals surface area contributed by atoms with Gasteiger partial charge >= 0.3 is 0 Å². The molecule has 0 saturated heterocycles. The van der Waals surface area contributed by atoms with Gasteiger partial charge in [0, 0.05) is 25.3 Å². The summed E-state index contributed by atoms with van der Waals surface area (Å²) in [5.41, 5.74) is 2.22. The number of aryl methyl sites for hydroxylation is 2. The lowest BCUT2D eigenvalue weighted by Gasteiger charge is -2.18. The van der Waals surface area contributed by atoms with Crippen molar-refractivity contribution in [2.45, 2.75) is 47.1 Å². The fourth-order valence-electron chi connectivity index (χ4n) is 2.43. The van der Waals surface area contributed by atoms with Gasteiger partial charge in [0.25, 0.3) is 0 Å². The van der Waals surface area contributed by atoms with Gasteiger partial charge in [-0.25, -0.2) is 0 Å². The van der Waals surface area contributed by atoms with E-state index in [1.54, 1.807) is 0 Å². The Bertz CT molecular complexity index is 485. The standard InChI is InChI=1S/C16H30BrN5S/c1-5-21(6-2)11-7-9-18-16(23)19-10-8-12-22-14(4)15(17)13(3)20-22/h5-12H2,1-4H3,(H2,18,19,23). The summed E-state index contributed by atoms with van der Waals surface area (Å²) in [7, 11) is 0. The van der Waals surface area contributed by atoms with E-state index in [-0.39, 0.29) is 0 Å². The fourth-order valence-corrected chi connectivity index (χ4v) is 2.92. The van der Waals surface area contributed by atoms with Crippen LogP contribution in [0.3, 0.4) is 0 Å². The lowest BCUT2D eigenvalue weighted by molar-refractivity contribution is 0.300. The van der Waals surface area contributed by atoms with Crippen molar-refractivity contribution in [3.05, 3.63) is 15.9 Å². The molecule has 0 spiro atoms. The Balaban J connectivity index is 2.11. The van der Waals surface area contributed by atoms with Gasteiger partial charge in [-0.3, -0.25) is 4.68 Å². The zero-order valence-corrected chi connectivity index (χ0v) is 17.2. The van der Waals surface area contributed by atoms with Gasteiger partial charge < -0.3 is 15.5 Å². The molecule has 23 heavy (non-hydrogen) atoms. The monoisotopic (exact) mass is 403 g/mol. The van der Waals surface area contributed by atoms with Gasteiger partial charge in [0.2, 0.25) is 0 Å². The second-order valence-corrected chi connectivity index (χ2v) is 6.83. The van der Waals surface area contributed by atoms with Gasteiger partial charge in [0.05, 0.1) is 10.2 Å². The number of nitrogens with zero attached hydrogens (tertiary/aromatic N) is 3. The first kappa shape index (κ1) is 20.4. The third-order valence-electron chi connectivity index (χ3n) is 3.96. The molecule has 0 saturated carbocycles. The molecule has 0 bridgehead atoms. The van der Waals surface area contributed by atoms with Crippen LogP contribution in [0.4, 0.5) is 0 Å². The third kappa shape index (κ3) is 7.18. The Hall–Kier alpha value is -0.660. The van der Waals surface area contributed by atoms with E-state index in [2.05, 4.69) is 57.3 Å². The first-order valence-corrected chi connectivity index (χ1v) is 9.63. The molecular formula is C16H30BrN5S. The van der Waals surface area contributed by atoms with Gasteiger partial charge in [-0.05, 0) is 74.5 Å². The van der Waals surface area contributed by atoms with E-state index < -0.39 is 0 Å². The third-order valence-corrected chi connectivity index (χ3v) is 5.39. The number of thiocarbonyl (C=S) groups is 1. The lowest BCUT2D eigenvalue weighted by atomic mass is 10.3. The maximum atomic E-state index is 5.30. The molecule has 1 heterocycles. The molecule has 1 rings (SSSR count). The van der Waals surface area contributed by atoms with Gasteiger partial charge in [-0.15, -0.1) is 0 Å². The van der Waals surface area contributed by atoms with E-state index in [9.17, 15) is 0 Å². The predicted octanol–water partition coefficient (Wildman–Crippen LogP) is 2.85. The van der Waals surface area contributed by atoms with E-state index in [0.29, 0.717) is 0 Å². The summed E-state index contributed by atoms with van der Waals surface area (Å²) in [6, 6.07) is 0. The average molecular weight is 404 g/mol. The van der Waals surface area contributed by atoms with Gasteiger partial charge in [-0.1, -0.05) is 13.8 Å². The van der Waals surface area contributed by atoms with Crippen molar-refractivity contribution in [3.8, 4) is 0 Å². The molecule has 0 atom stereocenters. The minimum Gasteiger partial charge on any atom is -0.363 e. The normalized spacial score (nSPS) is 11.0. The second-order valence-electron chi connectivity index (χ2n) is 5.62. The summed E-state index contributed by atoms with van der Waals surface area (Å²) in [6.07, 6.45) is 2.11. The summed E-state index contributed by atoms with van der Waals surface area (Å²) >= 11 is 8.86. The Kier molecular flexibility index (Phi) is 9.74. The Labute approximate surface area is 154 Å². The molecule has 2 N–H and O–H groups in total. The number of hydrogen-bond donors (Lipinski definition) is 2. The lowest BCUT2D eigenvalue weighted by Crippen LogP contribution is -2.37. The molecule has 0 radical (unpaired) electrons. The highest BCUT2D eigenvalue weighted by Gasteiger charge is 2.07. The molecule has 0 fully saturated rings. The van der Waals surface area contributed by atoms with Crippen LogP contribution >= 0.6 is 28.1 Å². The van der Waals surface area contributed by atoms with Crippen LogP contribution in [-0.2, 0) is 6.54 Å². The molecule has 7 heteroatoms. The van der Waals surface area contributed by atoms with Crippen LogP contribution in [0, 0.1) is 13.8 Å². The molecule has 0 aromatic carbocycles. The molecule has 0 unspecified atom stereocenters. The predicted molar refractivity (Wildman–Crippen MR) is 105 cm³/mol. The topological polar surface area (TPSA) is 45.1 Å². The summed E-state index contributed by atoms with van der Waals surface area (Å²) in [5.74, 6) is 0. The van der Waals surface area contributed by atoms with E-state index in [0.717, 1.165) is 67.4 Å². The quantitative estimate of drug-likeness (QED) is 0.464. The molecule has 0 aliphatic rings. The van der Waals surface area contributed by atoms with Crippen molar-refractivity contribution in [3.63, 3.8) is 0 Å². The van der Waals surface area contributed by atoms with Gasteiger partial charge in [0.15, 0.2) is 5.11 Å². The van der Waals surface area contributed by atoms with Gasteiger partial charge in [-0.2, -0.15) is 5.10 Å². The van der Waals surface area contributed by atoms with Crippen molar-refractivity contribution in [2.75, 3.05) is 32.7 Å². The molecular weight excluding hydrogens is 374 g/mol. The fraction of sp³-hybridized carbons (Fsp3) is 0.750. The van der Waals surface area contributed by atoms with Crippen LogP contribution in [0.15, 0.2) is 4.47 Å². The highest BCUT2D eigenvalue weighted by atomic mass is 79.9. The smallest absolute Gasteiger partial charge is 0.166 e. The van der Waals surface area contributed by atoms with Crippen molar-refractivity contribution in [1.82, 2.24) is 25.3 Å². The molecule has 5 nitrogen and oxygen atoms in total. The van der Waals surface area contributed by atoms with E-state index in [1.165, 1.54) is 5.69 Å². The Morgan fingerprint density at radius 3 is 2.30 bits per heavy atom. The maximum absolute atomic E-state index is 5.30. The van der Waals surface area contributed by atoms with Gasteiger partial charge in [0.1, 0.15) is 0 Å². The minimum absolute atomic E-state index is 0.749. The van der Waals surface area contributed by atoms with Crippen LogP contribution in [0.25, 0.3) is 0 Å². The van der Waals surface area contributed by atoms with E-state index >= 15 is 0 Å². The minimum atomic E-state index is 0.749. The first-order valence-electron chi connectivity index (χ1n) is 8.43. The largest absolute Gasteiger partial charge is 0.363 e. The van der Waals surface area contributed by atoms with E-state index in [4.69, 9.17) is 12.2 Å². The molecule has 0 aliphatic carbocycles. The number of hydrogen-bond acceptors (Lipinski definition) is 3. The summed E-state index contributed by atoms with van der Waals surface area (Å²) in [5, 5.41) is 11.8. The zero-order chi connectivity index (χ0) is 17.2. The number of nitrogens with one attached hydrogen (secondary N) is 2. The highest BCUT2D eigenvalue weighted by Crippen LogP contribution is 2.19. The summed E-state index contributed by atoms with van der Waals surface area (Å²) in [4.78, 5) is 2.42. The van der Waals surface area contributed by atoms with Crippen molar-refractivity contribution in [1.29, 1.82) is 0 Å². The van der Waals surface area contributed by atoms with Crippen molar-refractivity contribution in [2.24, 2.45) is 0 Å². The number of aromatic nitrogens is 2. The van der Waals surface area contributed by atoms with Crippen LogP contribution < -0.4 is 10.6 Å².